The van der Waals surface area contributed by atoms with E-state index in [1.165, 1.54) is 6.92 Å². The molecule has 106 valence electrons. The minimum absolute atomic E-state index is 0.403. The number of alkyl halides is 3. The zero-order chi connectivity index (χ0) is 14.5. The third-order valence-corrected chi connectivity index (χ3v) is 2.85. The first-order valence-corrected chi connectivity index (χ1v) is 6.39. The van der Waals surface area contributed by atoms with Crippen LogP contribution in [0.1, 0.15) is 12.5 Å². The highest BCUT2D eigenvalue weighted by Gasteiger charge is 2.28. The van der Waals surface area contributed by atoms with Gasteiger partial charge < -0.3 is 10.6 Å². The van der Waals surface area contributed by atoms with Gasteiger partial charge in [-0.2, -0.15) is 13.2 Å². The molecule has 1 aromatic rings. The molecule has 3 nitrogen and oxygen atoms in total. The molecule has 0 radical (unpaired) electrons. The quantitative estimate of drug-likeness (QED) is 0.866. The van der Waals surface area contributed by atoms with Crippen LogP contribution >= 0.6 is 15.9 Å². The highest BCUT2D eigenvalue weighted by molar-refractivity contribution is 9.10. The monoisotopic (exact) mass is 338 g/mol. The Morgan fingerprint density at radius 2 is 2.11 bits per heavy atom. The highest BCUT2D eigenvalue weighted by atomic mass is 79.9. The van der Waals surface area contributed by atoms with Gasteiger partial charge in [-0.15, -0.1) is 0 Å². The molecule has 19 heavy (non-hydrogen) atoms. The second-order valence-electron chi connectivity index (χ2n) is 4.07. The number of nitrogens with one attached hydrogen (secondary N) is 2. The predicted molar refractivity (Wildman–Crippen MR) is 69.5 cm³/mol. The number of benzene rings is 1. The Labute approximate surface area is 117 Å². The number of carbonyl (C=O) groups excluding carboxylic acids is 1. The molecule has 7 heteroatoms. The van der Waals surface area contributed by atoms with Gasteiger partial charge in [-0.3, -0.25) is 4.79 Å². The zero-order valence-electron chi connectivity index (χ0n) is 10.2. The molecule has 0 saturated carbocycles. The van der Waals surface area contributed by atoms with Crippen molar-refractivity contribution in [2.45, 2.75) is 25.7 Å². The molecule has 0 aliphatic carbocycles. The summed E-state index contributed by atoms with van der Waals surface area (Å²) < 4.78 is 36.7. The summed E-state index contributed by atoms with van der Waals surface area (Å²) >= 11 is 3.31. The van der Waals surface area contributed by atoms with Crippen molar-refractivity contribution in [3.05, 3.63) is 34.3 Å². The van der Waals surface area contributed by atoms with Crippen LogP contribution in [0.25, 0.3) is 0 Å². The largest absolute Gasteiger partial charge is 0.405 e. The van der Waals surface area contributed by atoms with Crippen molar-refractivity contribution in [3.8, 4) is 0 Å². The number of halogens is 4. The van der Waals surface area contributed by atoms with E-state index >= 15 is 0 Å². The van der Waals surface area contributed by atoms with Gasteiger partial charge in [-0.25, -0.2) is 0 Å². The molecular weight excluding hydrogens is 325 g/mol. The van der Waals surface area contributed by atoms with Crippen molar-refractivity contribution in [1.29, 1.82) is 0 Å². The van der Waals surface area contributed by atoms with E-state index in [-0.39, 0.29) is 0 Å². The van der Waals surface area contributed by atoms with Crippen molar-refractivity contribution >= 4 is 21.8 Å². The molecule has 1 rings (SSSR count). The molecule has 1 atom stereocenters. The lowest BCUT2D eigenvalue weighted by Crippen LogP contribution is -2.44. The molecule has 0 fully saturated rings. The summed E-state index contributed by atoms with van der Waals surface area (Å²) in [5.41, 5.74) is 0.935. The van der Waals surface area contributed by atoms with Crippen LogP contribution in [-0.2, 0) is 11.3 Å². The Kier molecular flexibility index (Phi) is 5.81. The van der Waals surface area contributed by atoms with E-state index < -0.39 is 24.7 Å². The number of carbonyl (C=O) groups is 1. The Balaban J connectivity index is 2.38. The molecule has 1 amide bonds. The van der Waals surface area contributed by atoms with Crippen molar-refractivity contribution in [1.82, 2.24) is 10.6 Å². The fraction of sp³-hybridized carbons (Fsp3) is 0.417. The van der Waals surface area contributed by atoms with Gasteiger partial charge in [0, 0.05) is 11.0 Å². The van der Waals surface area contributed by atoms with E-state index in [4.69, 9.17) is 0 Å². The standard InChI is InChI=1S/C12H14BrF3N2O/c1-8(11(19)18-7-12(14,15)16)17-6-9-3-2-4-10(13)5-9/h2-5,8,17H,6-7H2,1H3,(H,18,19). The van der Waals surface area contributed by atoms with E-state index in [1.807, 2.05) is 29.6 Å². The summed E-state index contributed by atoms with van der Waals surface area (Å²) in [6, 6.07) is 6.74. The average molecular weight is 339 g/mol. The molecule has 0 saturated heterocycles. The first-order valence-electron chi connectivity index (χ1n) is 5.60. The number of rotatable bonds is 5. The van der Waals surface area contributed by atoms with Crippen LogP contribution < -0.4 is 10.6 Å². The molecular formula is C12H14BrF3N2O. The molecule has 0 aliphatic heterocycles. The summed E-state index contributed by atoms with van der Waals surface area (Å²) in [4.78, 5) is 11.4. The predicted octanol–water partition coefficient (Wildman–Crippen LogP) is 2.61. The van der Waals surface area contributed by atoms with Crippen LogP contribution in [-0.4, -0.2) is 24.7 Å². The lowest BCUT2D eigenvalue weighted by atomic mass is 10.2. The van der Waals surface area contributed by atoms with Gasteiger partial charge in [0.1, 0.15) is 6.54 Å². The number of hydrogen-bond acceptors (Lipinski definition) is 2. The van der Waals surface area contributed by atoms with Gasteiger partial charge in [0.25, 0.3) is 0 Å². The van der Waals surface area contributed by atoms with Crippen molar-refractivity contribution in [2.24, 2.45) is 0 Å². The van der Waals surface area contributed by atoms with Gasteiger partial charge in [-0.1, -0.05) is 28.1 Å². The van der Waals surface area contributed by atoms with E-state index in [2.05, 4.69) is 21.2 Å². The van der Waals surface area contributed by atoms with Crippen molar-refractivity contribution < 1.29 is 18.0 Å². The van der Waals surface area contributed by atoms with Crippen LogP contribution in [0.3, 0.4) is 0 Å². The van der Waals surface area contributed by atoms with Gasteiger partial charge in [-0.05, 0) is 24.6 Å². The first-order chi connectivity index (χ1) is 8.78. The average Bonchev–Trinajstić information content (AvgIpc) is 2.32. The topological polar surface area (TPSA) is 41.1 Å². The molecule has 2 N–H and O–H groups in total. The van der Waals surface area contributed by atoms with Gasteiger partial charge in [0.2, 0.25) is 5.91 Å². The summed E-state index contributed by atoms with van der Waals surface area (Å²) in [7, 11) is 0. The molecule has 0 bridgehead atoms. The highest BCUT2D eigenvalue weighted by Crippen LogP contribution is 2.13. The molecule has 1 unspecified atom stereocenters. The molecule has 0 aliphatic rings. The maximum atomic E-state index is 11.9. The minimum Gasteiger partial charge on any atom is -0.346 e. The molecule has 0 heterocycles. The van der Waals surface area contributed by atoms with Crippen molar-refractivity contribution in [3.63, 3.8) is 0 Å². The summed E-state index contributed by atoms with van der Waals surface area (Å²) in [6.45, 7) is 0.610. The Bertz CT molecular complexity index is 437. The van der Waals surface area contributed by atoms with Gasteiger partial charge in [0.05, 0.1) is 6.04 Å². The lowest BCUT2D eigenvalue weighted by Gasteiger charge is -2.15. The Morgan fingerprint density at radius 1 is 1.42 bits per heavy atom. The van der Waals surface area contributed by atoms with E-state index in [0.717, 1.165) is 10.0 Å². The minimum atomic E-state index is -4.39. The smallest absolute Gasteiger partial charge is 0.346 e. The van der Waals surface area contributed by atoms with Crippen LogP contribution in [0, 0.1) is 0 Å². The molecule has 1 aromatic carbocycles. The summed E-state index contributed by atoms with van der Waals surface area (Å²) in [5, 5.41) is 4.70. The Morgan fingerprint density at radius 3 is 2.68 bits per heavy atom. The van der Waals surface area contributed by atoms with Crippen LogP contribution in [0.2, 0.25) is 0 Å². The van der Waals surface area contributed by atoms with Crippen molar-refractivity contribution in [2.75, 3.05) is 6.54 Å². The fourth-order valence-electron chi connectivity index (χ4n) is 1.35. The first kappa shape index (κ1) is 16.0. The zero-order valence-corrected chi connectivity index (χ0v) is 11.8. The maximum absolute atomic E-state index is 11.9. The third-order valence-electron chi connectivity index (χ3n) is 2.36. The number of hydrogen-bond donors (Lipinski definition) is 2. The Hall–Kier alpha value is -1.08. The molecule has 0 aromatic heterocycles. The SMILES string of the molecule is CC(NCc1cccc(Br)c1)C(=O)NCC(F)(F)F. The van der Waals surface area contributed by atoms with E-state index in [9.17, 15) is 18.0 Å². The lowest BCUT2D eigenvalue weighted by molar-refractivity contribution is -0.139. The van der Waals surface area contributed by atoms with Crippen LogP contribution in [0.4, 0.5) is 13.2 Å². The summed E-state index contributed by atoms with van der Waals surface area (Å²) in [5.74, 6) is -0.674. The normalized spacial score (nSPS) is 13.1. The second kappa shape index (κ2) is 6.91. The van der Waals surface area contributed by atoms with E-state index in [0.29, 0.717) is 6.54 Å². The fourth-order valence-corrected chi connectivity index (χ4v) is 1.80. The molecule has 0 spiro atoms. The van der Waals surface area contributed by atoms with Gasteiger partial charge in [0.15, 0.2) is 0 Å². The second-order valence-corrected chi connectivity index (χ2v) is 4.98. The number of amides is 1. The maximum Gasteiger partial charge on any atom is 0.405 e. The van der Waals surface area contributed by atoms with E-state index in [1.54, 1.807) is 0 Å². The van der Waals surface area contributed by atoms with Crippen LogP contribution in [0.5, 0.6) is 0 Å². The van der Waals surface area contributed by atoms with Gasteiger partial charge >= 0.3 is 6.18 Å². The third kappa shape index (κ3) is 6.58. The summed E-state index contributed by atoms with van der Waals surface area (Å²) in [6.07, 6.45) is -4.39. The van der Waals surface area contributed by atoms with Crippen LogP contribution in [0.15, 0.2) is 28.7 Å².